The van der Waals surface area contributed by atoms with Gasteiger partial charge in [0, 0.05) is 48.5 Å². The summed E-state index contributed by atoms with van der Waals surface area (Å²) < 4.78 is 5.96. The third-order valence-electron chi connectivity index (χ3n) is 4.78. The van der Waals surface area contributed by atoms with Crippen molar-refractivity contribution in [3.63, 3.8) is 0 Å². The first-order valence-electron chi connectivity index (χ1n) is 8.91. The molecule has 1 amide bonds. The first-order valence-corrected chi connectivity index (χ1v) is 9.29. The molecule has 1 aromatic carbocycles. The number of hydrogen-bond donors (Lipinski definition) is 3. The quantitative estimate of drug-likeness (QED) is 0.388. The Morgan fingerprint density at radius 2 is 2.15 bits per heavy atom. The van der Waals surface area contributed by atoms with Gasteiger partial charge in [0.05, 0.1) is 6.61 Å². The fraction of sp³-hybridized carbons (Fsp3) is 0.474. The minimum absolute atomic E-state index is 0.137. The maximum absolute atomic E-state index is 12.9. The van der Waals surface area contributed by atoms with E-state index in [4.69, 9.17) is 21.7 Å². The average molecular weight is 377 g/mol. The van der Waals surface area contributed by atoms with Gasteiger partial charge in [-0.15, -0.1) is 0 Å². The maximum atomic E-state index is 12.9. The topological polar surface area (TPSA) is 77.5 Å². The number of carbonyl (C=O) groups is 1. The van der Waals surface area contributed by atoms with E-state index in [9.17, 15) is 4.79 Å². The number of nitrogens with one attached hydrogen (secondary N) is 3. The molecule has 0 spiro atoms. The number of rotatable bonds is 7. The van der Waals surface area contributed by atoms with Gasteiger partial charge in [0.1, 0.15) is 5.70 Å². The number of hydrogen-bond acceptors (Lipinski definition) is 5. The SMILES string of the molecule is CC1(COC(C(=O)Nc2cccc(Cl)c2)=C(C=N)N2CCNCC2)CC1. The molecule has 1 saturated carbocycles. The summed E-state index contributed by atoms with van der Waals surface area (Å²) in [5.41, 5.74) is 1.26. The van der Waals surface area contributed by atoms with Gasteiger partial charge in [-0.2, -0.15) is 0 Å². The van der Waals surface area contributed by atoms with Crippen LogP contribution in [0.2, 0.25) is 5.02 Å². The highest BCUT2D eigenvalue weighted by Crippen LogP contribution is 2.45. The van der Waals surface area contributed by atoms with Crippen LogP contribution in [0.3, 0.4) is 0 Å². The monoisotopic (exact) mass is 376 g/mol. The second-order valence-electron chi connectivity index (χ2n) is 7.16. The lowest BCUT2D eigenvalue weighted by Gasteiger charge is -2.31. The van der Waals surface area contributed by atoms with E-state index in [0.717, 1.165) is 39.0 Å². The summed E-state index contributed by atoms with van der Waals surface area (Å²) in [5.74, 6) is -0.149. The van der Waals surface area contributed by atoms with Gasteiger partial charge in [-0.1, -0.05) is 24.6 Å². The van der Waals surface area contributed by atoms with Crippen molar-refractivity contribution in [2.24, 2.45) is 5.41 Å². The van der Waals surface area contributed by atoms with E-state index in [1.807, 2.05) is 4.90 Å². The number of carbonyl (C=O) groups excluding carboxylic acids is 1. The molecular formula is C19H25ClN4O2. The van der Waals surface area contributed by atoms with Gasteiger partial charge in [-0.25, -0.2) is 0 Å². The highest BCUT2D eigenvalue weighted by Gasteiger charge is 2.39. The predicted molar refractivity (Wildman–Crippen MR) is 104 cm³/mol. The first kappa shape index (κ1) is 18.7. The molecule has 3 N–H and O–H groups in total. The van der Waals surface area contributed by atoms with E-state index in [0.29, 0.717) is 23.0 Å². The Labute approximate surface area is 159 Å². The Morgan fingerprint density at radius 1 is 1.42 bits per heavy atom. The summed E-state index contributed by atoms with van der Waals surface area (Å²) in [6.45, 7) is 5.73. The van der Waals surface area contributed by atoms with Crippen LogP contribution in [-0.4, -0.2) is 49.8 Å². The third-order valence-corrected chi connectivity index (χ3v) is 5.02. The summed E-state index contributed by atoms with van der Waals surface area (Å²) in [7, 11) is 0. The number of piperazine rings is 1. The van der Waals surface area contributed by atoms with Crippen molar-refractivity contribution in [2.45, 2.75) is 19.8 Å². The van der Waals surface area contributed by atoms with Gasteiger partial charge in [-0.3, -0.25) is 4.79 Å². The number of ether oxygens (including phenoxy) is 1. The van der Waals surface area contributed by atoms with Crippen molar-refractivity contribution in [3.05, 3.63) is 40.7 Å². The normalized spacial score (nSPS) is 19.4. The van der Waals surface area contributed by atoms with Crippen LogP contribution in [0.15, 0.2) is 35.7 Å². The number of benzene rings is 1. The summed E-state index contributed by atoms with van der Waals surface area (Å²) in [6.07, 6.45) is 3.42. The van der Waals surface area contributed by atoms with E-state index in [2.05, 4.69) is 17.6 Å². The average Bonchev–Trinajstić information content (AvgIpc) is 3.37. The molecule has 3 rings (SSSR count). The van der Waals surface area contributed by atoms with Crippen LogP contribution in [0.5, 0.6) is 0 Å². The van der Waals surface area contributed by atoms with Crippen LogP contribution in [-0.2, 0) is 9.53 Å². The molecule has 0 bridgehead atoms. The molecule has 2 fully saturated rings. The minimum Gasteiger partial charge on any atom is -0.486 e. The van der Waals surface area contributed by atoms with E-state index in [1.54, 1.807) is 24.3 Å². The molecule has 6 nitrogen and oxygen atoms in total. The Balaban J connectivity index is 1.83. The second-order valence-corrected chi connectivity index (χ2v) is 7.60. The lowest BCUT2D eigenvalue weighted by Crippen LogP contribution is -2.44. The van der Waals surface area contributed by atoms with Gasteiger partial charge < -0.3 is 25.7 Å². The molecule has 1 heterocycles. The second kappa shape index (κ2) is 8.10. The minimum atomic E-state index is -0.353. The van der Waals surface area contributed by atoms with E-state index >= 15 is 0 Å². The van der Waals surface area contributed by atoms with Gasteiger partial charge in [0.2, 0.25) is 5.76 Å². The Bertz CT molecular complexity index is 709. The molecule has 26 heavy (non-hydrogen) atoms. The maximum Gasteiger partial charge on any atom is 0.293 e. The number of anilines is 1. The Hall–Kier alpha value is -2.05. The summed E-state index contributed by atoms with van der Waals surface area (Å²) in [4.78, 5) is 14.9. The molecule has 0 radical (unpaired) electrons. The van der Waals surface area contributed by atoms with Crippen molar-refractivity contribution in [2.75, 3.05) is 38.1 Å². The lowest BCUT2D eigenvalue weighted by atomic mass is 10.2. The largest absolute Gasteiger partial charge is 0.486 e. The molecule has 0 aromatic heterocycles. The zero-order valence-corrected chi connectivity index (χ0v) is 15.7. The van der Waals surface area contributed by atoms with Gasteiger partial charge in [0.25, 0.3) is 5.91 Å². The Kier molecular flexibility index (Phi) is 5.84. The third kappa shape index (κ3) is 4.77. The molecule has 0 unspecified atom stereocenters. The first-order chi connectivity index (χ1) is 12.5. The van der Waals surface area contributed by atoms with E-state index in [-0.39, 0.29) is 17.1 Å². The summed E-state index contributed by atoms with van der Waals surface area (Å²) in [6, 6.07) is 7.00. The van der Waals surface area contributed by atoms with Crippen LogP contribution >= 0.6 is 11.6 Å². The van der Waals surface area contributed by atoms with Gasteiger partial charge in [0.15, 0.2) is 0 Å². The molecule has 1 aliphatic carbocycles. The molecule has 7 heteroatoms. The van der Waals surface area contributed by atoms with Crippen molar-refractivity contribution >= 4 is 29.4 Å². The summed E-state index contributed by atoms with van der Waals surface area (Å²) >= 11 is 6.00. The van der Waals surface area contributed by atoms with Crippen LogP contribution in [0.1, 0.15) is 19.8 Å². The lowest BCUT2D eigenvalue weighted by molar-refractivity contribution is -0.116. The zero-order valence-electron chi connectivity index (χ0n) is 15.0. The Morgan fingerprint density at radius 3 is 2.77 bits per heavy atom. The van der Waals surface area contributed by atoms with Gasteiger partial charge >= 0.3 is 0 Å². The zero-order chi connectivity index (χ0) is 18.6. The predicted octanol–water partition coefficient (Wildman–Crippen LogP) is 2.86. The van der Waals surface area contributed by atoms with Gasteiger partial charge in [-0.05, 0) is 31.0 Å². The molecule has 1 saturated heterocycles. The highest BCUT2D eigenvalue weighted by molar-refractivity contribution is 6.31. The van der Waals surface area contributed by atoms with E-state index < -0.39 is 0 Å². The van der Waals surface area contributed by atoms with Crippen molar-refractivity contribution < 1.29 is 9.53 Å². The molecule has 0 atom stereocenters. The standard InChI is InChI=1S/C19H25ClN4O2/c1-19(5-6-19)13-26-17(16(12-21)24-9-7-22-8-10-24)18(25)23-15-4-2-3-14(20)11-15/h2-4,11-12,21-22H,5-10,13H2,1H3,(H,23,25). The number of amides is 1. The van der Waals surface area contributed by atoms with Crippen molar-refractivity contribution in [1.29, 1.82) is 5.41 Å². The number of halogens is 1. The fourth-order valence-corrected chi connectivity index (χ4v) is 3.01. The van der Waals surface area contributed by atoms with Crippen molar-refractivity contribution in [1.82, 2.24) is 10.2 Å². The van der Waals surface area contributed by atoms with E-state index in [1.165, 1.54) is 6.21 Å². The molecule has 1 aliphatic heterocycles. The van der Waals surface area contributed by atoms with Crippen LogP contribution in [0, 0.1) is 10.8 Å². The van der Waals surface area contributed by atoms with Crippen LogP contribution in [0.4, 0.5) is 5.69 Å². The number of nitrogens with zero attached hydrogens (tertiary/aromatic N) is 1. The summed E-state index contributed by atoms with van der Waals surface area (Å²) in [5, 5.41) is 14.5. The van der Waals surface area contributed by atoms with Crippen LogP contribution < -0.4 is 10.6 Å². The number of allylic oxidation sites excluding steroid dienone is 1. The van der Waals surface area contributed by atoms with Crippen molar-refractivity contribution in [3.8, 4) is 0 Å². The molecule has 2 aliphatic rings. The molecule has 1 aromatic rings. The fourth-order valence-electron chi connectivity index (χ4n) is 2.82. The van der Waals surface area contributed by atoms with Crippen LogP contribution in [0.25, 0.3) is 0 Å². The molecule has 140 valence electrons. The smallest absolute Gasteiger partial charge is 0.293 e. The molecular weight excluding hydrogens is 352 g/mol. The highest BCUT2D eigenvalue weighted by atomic mass is 35.5.